The van der Waals surface area contributed by atoms with Crippen molar-refractivity contribution >= 4 is 28.3 Å². The second kappa shape index (κ2) is 5.58. The van der Waals surface area contributed by atoms with Crippen LogP contribution in [0.15, 0.2) is 30.3 Å². The standard InChI is InChI=1S/C8H10BrN.ClH/c9-8(10)6-7-4-2-1-3-5-7;/h1-5,8H,6,10H2;1H. The first kappa shape index (κ1) is 11.0. The zero-order valence-electron chi connectivity index (χ0n) is 6.03. The lowest BCUT2D eigenvalue weighted by molar-refractivity contribution is 0.918. The molecule has 1 atom stereocenters. The molecule has 0 fully saturated rings. The Balaban J connectivity index is 0.000001000. The molecule has 62 valence electrons. The summed E-state index contributed by atoms with van der Waals surface area (Å²) in [5.74, 6) is 0. The van der Waals surface area contributed by atoms with Gasteiger partial charge in [-0.15, -0.1) is 12.4 Å². The predicted molar refractivity (Wildman–Crippen MR) is 54.3 cm³/mol. The molecule has 1 rings (SSSR count). The van der Waals surface area contributed by atoms with Crippen molar-refractivity contribution in [2.45, 2.75) is 11.4 Å². The smallest absolute Gasteiger partial charge is 0.0646 e. The van der Waals surface area contributed by atoms with Gasteiger partial charge in [0, 0.05) is 0 Å². The Labute approximate surface area is 81.5 Å². The second-order valence-corrected chi connectivity index (χ2v) is 3.38. The summed E-state index contributed by atoms with van der Waals surface area (Å²) in [7, 11) is 0. The summed E-state index contributed by atoms with van der Waals surface area (Å²) in [5.41, 5.74) is 6.81. The van der Waals surface area contributed by atoms with Gasteiger partial charge in [0.1, 0.15) is 0 Å². The third-order valence-electron chi connectivity index (χ3n) is 1.27. The van der Waals surface area contributed by atoms with E-state index in [2.05, 4.69) is 28.1 Å². The average Bonchev–Trinajstić information content (AvgIpc) is 1.88. The van der Waals surface area contributed by atoms with E-state index in [1.165, 1.54) is 5.56 Å². The first-order chi connectivity index (χ1) is 4.79. The summed E-state index contributed by atoms with van der Waals surface area (Å²) in [6.45, 7) is 0. The minimum Gasteiger partial charge on any atom is -0.319 e. The Morgan fingerprint density at radius 3 is 2.27 bits per heavy atom. The van der Waals surface area contributed by atoms with Crippen LogP contribution in [0.25, 0.3) is 0 Å². The molecule has 0 aromatic heterocycles. The van der Waals surface area contributed by atoms with Crippen molar-refractivity contribution < 1.29 is 0 Å². The minimum atomic E-state index is 0. The number of nitrogens with two attached hydrogens (primary N) is 1. The van der Waals surface area contributed by atoms with E-state index in [4.69, 9.17) is 5.73 Å². The first-order valence-corrected chi connectivity index (χ1v) is 4.14. The number of hydrogen-bond acceptors (Lipinski definition) is 1. The zero-order valence-corrected chi connectivity index (χ0v) is 8.44. The molecule has 1 unspecified atom stereocenters. The topological polar surface area (TPSA) is 26.0 Å². The highest BCUT2D eigenvalue weighted by molar-refractivity contribution is 9.09. The van der Waals surface area contributed by atoms with Crippen LogP contribution in [0.2, 0.25) is 0 Å². The summed E-state index contributed by atoms with van der Waals surface area (Å²) in [5, 5.41) is 0. The molecule has 0 spiro atoms. The molecule has 0 aliphatic carbocycles. The fourth-order valence-electron chi connectivity index (χ4n) is 0.839. The van der Waals surface area contributed by atoms with Crippen LogP contribution in [0.4, 0.5) is 0 Å². The van der Waals surface area contributed by atoms with Crippen LogP contribution in [-0.4, -0.2) is 4.95 Å². The van der Waals surface area contributed by atoms with Crippen LogP contribution in [0.1, 0.15) is 5.56 Å². The number of alkyl halides is 1. The molecule has 1 nitrogen and oxygen atoms in total. The summed E-state index contributed by atoms with van der Waals surface area (Å²) in [6, 6.07) is 10.2. The van der Waals surface area contributed by atoms with E-state index >= 15 is 0 Å². The Morgan fingerprint density at radius 1 is 1.27 bits per heavy atom. The zero-order chi connectivity index (χ0) is 7.40. The lowest BCUT2D eigenvalue weighted by atomic mass is 10.2. The van der Waals surface area contributed by atoms with Gasteiger partial charge >= 0.3 is 0 Å². The van der Waals surface area contributed by atoms with E-state index in [1.807, 2.05) is 18.2 Å². The van der Waals surface area contributed by atoms with Crippen molar-refractivity contribution in [3.05, 3.63) is 35.9 Å². The van der Waals surface area contributed by atoms with Crippen molar-refractivity contribution in [3.63, 3.8) is 0 Å². The third kappa shape index (κ3) is 4.40. The van der Waals surface area contributed by atoms with Crippen LogP contribution in [-0.2, 0) is 6.42 Å². The Bertz CT molecular complexity index is 189. The molecular formula is C8H11BrClN. The normalized spacial score (nSPS) is 11.8. The highest BCUT2D eigenvalue weighted by atomic mass is 79.9. The molecule has 0 saturated heterocycles. The second-order valence-electron chi connectivity index (χ2n) is 2.21. The molecule has 0 radical (unpaired) electrons. The number of benzene rings is 1. The van der Waals surface area contributed by atoms with Gasteiger partial charge in [0.15, 0.2) is 0 Å². The minimum absolute atomic E-state index is 0. The fourth-order valence-corrected chi connectivity index (χ4v) is 1.21. The largest absolute Gasteiger partial charge is 0.319 e. The van der Waals surface area contributed by atoms with Gasteiger partial charge in [-0.3, -0.25) is 0 Å². The SMILES string of the molecule is Cl.NC(Br)Cc1ccccc1. The maximum absolute atomic E-state index is 5.54. The Hall–Kier alpha value is -0.0500. The number of halogens is 2. The van der Waals surface area contributed by atoms with Crippen molar-refractivity contribution in [1.82, 2.24) is 0 Å². The van der Waals surface area contributed by atoms with Gasteiger partial charge in [0.25, 0.3) is 0 Å². The van der Waals surface area contributed by atoms with E-state index in [-0.39, 0.29) is 17.4 Å². The average molecular weight is 237 g/mol. The molecular weight excluding hydrogens is 225 g/mol. The summed E-state index contributed by atoms with van der Waals surface area (Å²) in [6.07, 6.45) is 0.890. The maximum Gasteiger partial charge on any atom is 0.0646 e. The van der Waals surface area contributed by atoms with Crippen molar-refractivity contribution in [2.24, 2.45) is 5.73 Å². The third-order valence-corrected chi connectivity index (χ3v) is 1.60. The van der Waals surface area contributed by atoms with E-state index in [1.54, 1.807) is 0 Å². The molecule has 0 saturated carbocycles. The van der Waals surface area contributed by atoms with Gasteiger partial charge < -0.3 is 5.73 Å². The van der Waals surface area contributed by atoms with Crippen molar-refractivity contribution in [2.75, 3.05) is 0 Å². The highest BCUT2D eigenvalue weighted by Gasteiger charge is 1.95. The fraction of sp³-hybridized carbons (Fsp3) is 0.250. The Morgan fingerprint density at radius 2 is 1.82 bits per heavy atom. The number of hydrogen-bond donors (Lipinski definition) is 1. The van der Waals surface area contributed by atoms with Crippen LogP contribution < -0.4 is 5.73 Å². The summed E-state index contributed by atoms with van der Waals surface area (Å²) >= 11 is 3.29. The monoisotopic (exact) mass is 235 g/mol. The molecule has 0 aliphatic rings. The Kier molecular flexibility index (Phi) is 5.56. The predicted octanol–water partition coefficient (Wildman–Crippen LogP) is 2.33. The van der Waals surface area contributed by atoms with Crippen LogP contribution in [0.5, 0.6) is 0 Å². The molecule has 1 aromatic rings. The van der Waals surface area contributed by atoms with Crippen LogP contribution in [0.3, 0.4) is 0 Å². The molecule has 11 heavy (non-hydrogen) atoms. The molecule has 3 heteroatoms. The van der Waals surface area contributed by atoms with Gasteiger partial charge in [-0.1, -0.05) is 46.3 Å². The van der Waals surface area contributed by atoms with E-state index in [0.29, 0.717) is 0 Å². The van der Waals surface area contributed by atoms with Gasteiger partial charge in [0.05, 0.1) is 4.95 Å². The first-order valence-electron chi connectivity index (χ1n) is 3.22. The molecule has 0 heterocycles. The summed E-state index contributed by atoms with van der Waals surface area (Å²) in [4.78, 5) is 0.0786. The molecule has 0 aliphatic heterocycles. The number of rotatable bonds is 2. The van der Waals surface area contributed by atoms with Gasteiger partial charge in [-0.2, -0.15) is 0 Å². The molecule has 0 bridgehead atoms. The quantitative estimate of drug-likeness (QED) is 0.619. The molecule has 1 aromatic carbocycles. The van der Waals surface area contributed by atoms with Crippen LogP contribution in [0, 0.1) is 0 Å². The molecule has 2 N–H and O–H groups in total. The van der Waals surface area contributed by atoms with Gasteiger partial charge in [-0.25, -0.2) is 0 Å². The van der Waals surface area contributed by atoms with E-state index in [9.17, 15) is 0 Å². The van der Waals surface area contributed by atoms with E-state index < -0.39 is 0 Å². The van der Waals surface area contributed by atoms with Gasteiger partial charge in [0.2, 0.25) is 0 Å². The molecule has 0 amide bonds. The highest BCUT2D eigenvalue weighted by Crippen LogP contribution is 2.04. The summed E-state index contributed by atoms with van der Waals surface area (Å²) < 4.78 is 0. The van der Waals surface area contributed by atoms with Gasteiger partial charge in [-0.05, 0) is 12.0 Å². The van der Waals surface area contributed by atoms with Crippen LogP contribution >= 0.6 is 28.3 Å². The van der Waals surface area contributed by atoms with Crippen molar-refractivity contribution in [1.29, 1.82) is 0 Å². The lowest BCUT2D eigenvalue weighted by Crippen LogP contribution is -2.13. The van der Waals surface area contributed by atoms with Crippen molar-refractivity contribution in [3.8, 4) is 0 Å². The lowest BCUT2D eigenvalue weighted by Gasteiger charge is -2.01. The van der Waals surface area contributed by atoms with E-state index in [0.717, 1.165) is 6.42 Å². The maximum atomic E-state index is 5.54.